The molecule has 2 aliphatic rings. The second-order valence-electron chi connectivity index (χ2n) is 9.91. The van der Waals surface area contributed by atoms with Gasteiger partial charge in [-0.25, -0.2) is 4.79 Å². The van der Waals surface area contributed by atoms with Gasteiger partial charge in [0, 0.05) is 37.9 Å². The summed E-state index contributed by atoms with van der Waals surface area (Å²) in [5, 5.41) is 5.22. The van der Waals surface area contributed by atoms with Crippen molar-refractivity contribution in [1.29, 1.82) is 0 Å². The van der Waals surface area contributed by atoms with Crippen LogP contribution in [-0.2, 0) is 20.0 Å². The lowest BCUT2D eigenvalue weighted by atomic mass is 10.0. The van der Waals surface area contributed by atoms with Gasteiger partial charge in [0.1, 0.15) is 5.60 Å². The van der Waals surface area contributed by atoms with Crippen LogP contribution >= 0.6 is 0 Å². The average Bonchev–Trinajstić information content (AvgIpc) is 2.84. The third kappa shape index (κ3) is 8.60. The molecule has 0 radical (unpaired) electrons. The van der Waals surface area contributed by atoms with Crippen LogP contribution < -0.4 is 5.32 Å². The number of carbonyl (C=O) groups is 2. The van der Waals surface area contributed by atoms with Crippen molar-refractivity contribution in [3.05, 3.63) is 48.0 Å². The van der Waals surface area contributed by atoms with Crippen LogP contribution in [0.5, 0.6) is 0 Å². The summed E-state index contributed by atoms with van der Waals surface area (Å²) >= 11 is 0. The number of nitrogens with one attached hydrogen (secondary N) is 1. The van der Waals surface area contributed by atoms with E-state index in [9.17, 15) is 18.0 Å². The fourth-order valence-corrected chi connectivity index (χ4v) is 4.58. The molecule has 0 bridgehead atoms. The van der Waals surface area contributed by atoms with Crippen molar-refractivity contribution in [1.82, 2.24) is 10.2 Å². The molecule has 2 aromatic rings. The second-order valence-corrected chi connectivity index (χ2v) is 10.6. The highest BCUT2D eigenvalue weighted by atomic mass is 32.2. The third-order valence-electron chi connectivity index (χ3n) is 5.94. The summed E-state index contributed by atoms with van der Waals surface area (Å²) in [4.78, 5) is 25.7. The fraction of sp³-hybridized carbons (Fsp3) is 0.538. The molecule has 0 spiro atoms. The first-order valence-electron chi connectivity index (χ1n) is 12.3. The van der Waals surface area contributed by atoms with Crippen LogP contribution in [0.25, 0.3) is 10.8 Å². The number of rotatable bonds is 3. The highest BCUT2D eigenvalue weighted by Crippen LogP contribution is 2.19. The van der Waals surface area contributed by atoms with E-state index < -0.39 is 16.1 Å². The molecule has 4 rings (SSSR count). The zero-order valence-electron chi connectivity index (χ0n) is 21.1. The lowest BCUT2D eigenvalue weighted by molar-refractivity contribution is 0.0207. The number of likely N-dealkylation sites (tertiary alicyclic amines) is 1. The Kier molecular flexibility index (Phi) is 9.83. The maximum atomic E-state index is 12.4. The van der Waals surface area contributed by atoms with E-state index in [0.717, 1.165) is 42.4 Å². The third-order valence-corrected chi connectivity index (χ3v) is 6.41. The van der Waals surface area contributed by atoms with Crippen molar-refractivity contribution < 1.29 is 27.5 Å². The van der Waals surface area contributed by atoms with Gasteiger partial charge >= 0.3 is 16.6 Å². The van der Waals surface area contributed by atoms with E-state index in [1.54, 1.807) is 4.90 Å². The van der Waals surface area contributed by atoms with Gasteiger partial charge in [0.05, 0.1) is 6.04 Å². The van der Waals surface area contributed by atoms with E-state index in [-0.39, 0.29) is 24.1 Å². The summed E-state index contributed by atoms with van der Waals surface area (Å²) in [6.07, 6.45) is 2.58. The Labute approximate surface area is 213 Å². The number of piperidine rings is 1. The van der Waals surface area contributed by atoms with Crippen molar-refractivity contribution in [2.75, 3.05) is 26.3 Å². The summed E-state index contributed by atoms with van der Waals surface area (Å²) in [6, 6.07) is 13.9. The van der Waals surface area contributed by atoms with Crippen LogP contribution in [0, 0.1) is 0 Å². The molecule has 0 aliphatic carbocycles. The number of benzene rings is 2. The molecular formula is C26H35N3O6S. The molecule has 2 heterocycles. The molecule has 10 heteroatoms. The van der Waals surface area contributed by atoms with Crippen LogP contribution in [0.15, 0.2) is 46.8 Å². The van der Waals surface area contributed by atoms with Crippen LogP contribution in [0.1, 0.15) is 56.8 Å². The highest BCUT2D eigenvalue weighted by molar-refractivity contribution is 7.61. The number of hydrogen-bond donors (Lipinski definition) is 1. The van der Waals surface area contributed by atoms with E-state index in [0.29, 0.717) is 25.9 Å². The van der Waals surface area contributed by atoms with E-state index in [1.807, 2.05) is 63.2 Å². The number of amides is 2. The first-order chi connectivity index (χ1) is 17.1. The number of nitrogens with zero attached hydrogens (tertiary/aromatic N) is 2. The van der Waals surface area contributed by atoms with Gasteiger partial charge in [0.2, 0.25) is 0 Å². The first kappa shape index (κ1) is 27.6. The lowest BCUT2D eigenvalue weighted by Gasteiger charge is -2.31. The lowest BCUT2D eigenvalue weighted by Crippen LogP contribution is -2.42. The predicted molar refractivity (Wildman–Crippen MR) is 137 cm³/mol. The van der Waals surface area contributed by atoms with Crippen LogP contribution in [-0.4, -0.2) is 69.3 Å². The van der Waals surface area contributed by atoms with Gasteiger partial charge in [-0.1, -0.05) is 36.4 Å². The number of hydrogen-bond acceptors (Lipinski definition) is 7. The van der Waals surface area contributed by atoms with Crippen molar-refractivity contribution >= 4 is 33.3 Å². The molecule has 0 unspecified atom stereocenters. The van der Waals surface area contributed by atoms with Crippen molar-refractivity contribution in [2.45, 2.75) is 64.1 Å². The fourth-order valence-electron chi connectivity index (χ4n) is 4.13. The van der Waals surface area contributed by atoms with E-state index in [1.165, 1.54) is 0 Å². The SMILES string of the molecule is CC(C)(C)OC(=O)N1CCC(N=S(=O)=O)CC1.O=C(NC1CCOCC1)c1cccc2ccccc12. The Morgan fingerprint density at radius 3 is 2.28 bits per heavy atom. The van der Waals surface area contributed by atoms with E-state index in [2.05, 4.69) is 9.68 Å². The van der Waals surface area contributed by atoms with Crippen LogP contribution in [0.2, 0.25) is 0 Å². The Balaban J connectivity index is 0.000000202. The van der Waals surface area contributed by atoms with Crippen LogP contribution in [0.4, 0.5) is 4.79 Å². The smallest absolute Gasteiger partial charge is 0.410 e. The molecule has 2 saturated heterocycles. The maximum Gasteiger partial charge on any atom is 0.410 e. The molecule has 9 nitrogen and oxygen atoms in total. The quantitative estimate of drug-likeness (QED) is 0.653. The highest BCUT2D eigenvalue weighted by Gasteiger charge is 2.26. The average molecular weight is 518 g/mol. The summed E-state index contributed by atoms with van der Waals surface area (Å²) in [5.74, 6) is 0.0173. The van der Waals surface area contributed by atoms with Gasteiger partial charge in [0.25, 0.3) is 5.91 Å². The van der Waals surface area contributed by atoms with Gasteiger partial charge in [0.15, 0.2) is 0 Å². The summed E-state index contributed by atoms with van der Waals surface area (Å²) in [7, 11) is -2.36. The molecule has 196 valence electrons. The Bertz CT molecular complexity index is 1160. The van der Waals surface area contributed by atoms with Crippen LogP contribution in [0.3, 0.4) is 0 Å². The molecule has 2 aromatic carbocycles. The zero-order chi connectivity index (χ0) is 26.1. The Morgan fingerprint density at radius 1 is 1.00 bits per heavy atom. The minimum absolute atomic E-state index is 0.0173. The minimum Gasteiger partial charge on any atom is -0.444 e. The monoisotopic (exact) mass is 517 g/mol. The number of ether oxygens (including phenoxy) is 2. The zero-order valence-corrected chi connectivity index (χ0v) is 21.9. The molecule has 36 heavy (non-hydrogen) atoms. The van der Waals surface area contributed by atoms with Gasteiger partial charge in [-0.3, -0.25) is 4.79 Å². The van der Waals surface area contributed by atoms with E-state index in [4.69, 9.17) is 9.47 Å². The molecule has 1 N–H and O–H groups in total. The summed E-state index contributed by atoms with van der Waals surface area (Å²) < 4.78 is 34.9. The van der Waals surface area contributed by atoms with Crippen molar-refractivity contribution in [2.24, 2.45) is 4.36 Å². The molecule has 2 aliphatic heterocycles. The van der Waals surface area contributed by atoms with E-state index >= 15 is 0 Å². The summed E-state index contributed by atoms with van der Waals surface area (Å²) in [5.41, 5.74) is 0.249. The van der Waals surface area contributed by atoms with Gasteiger partial charge in [-0.05, 0) is 63.3 Å². The first-order valence-corrected chi connectivity index (χ1v) is 13.3. The Morgan fingerprint density at radius 2 is 1.64 bits per heavy atom. The topological polar surface area (TPSA) is 114 Å². The normalized spacial score (nSPS) is 17.0. The van der Waals surface area contributed by atoms with Gasteiger partial charge in [-0.2, -0.15) is 12.8 Å². The largest absolute Gasteiger partial charge is 0.444 e. The second kappa shape index (κ2) is 12.8. The molecule has 0 saturated carbocycles. The Hall–Kier alpha value is -2.98. The molecule has 2 amide bonds. The summed E-state index contributed by atoms with van der Waals surface area (Å²) in [6.45, 7) is 7.89. The molecular weight excluding hydrogens is 482 g/mol. The molecule has 2 fully saturated rings. The number of carbonyl (C=O) groups excluding carboxylic acids is 2. The minimum atomic E-state index is -2.36. The number of fused-ring (bicyclic) bond motifs is 1. The maximum absolute atomic E-state index is 12.4. The van der Waals surface area contributed by atoms with Crippen molar-refractivity contribution in [3.63, 3.8) is 0 Å². The standard InChI is InChI=1S/C16H17NO2.C10H18N2O4S/c18-16(17-13-8-10-19-11-9-13)15-7-3-5-12-4-1-2-6-14(12)15;1-10(2,3)16-9(13)12-6-4-8(5-7-12)11-17(14)15/h1-7,13H,8-11H2,(H,17,18);8H,4-7H2,1-3H3. The van der Waals surface area contributed by atoms with Crippen molar-refractivity contribution in [3.8, 4) is 0 Å². The predicted octanol–water partition coefficient (Wildman–Crippen LogP) is 4.20. The van der Waals surface area contributed by atoms with Gasteiger partial charge in [-0.15, -0.1) is 0 Å². The van der Waals surface area contributed by atoms with Gasteiger partial charge < -0.3 is 19.7 Å². The molecule has 0 atom stereocenters. The molecule has 0 aromatic heterocycles.